The predicted octanol–water partition coefficient (Wildman–Crippen LogP) is 3.40. The van der Waals surface area contributed by atoms with E-state index in [9.17, 15) is 0 Å². The van der Waals surface area contributed by atoms with Crippen molar-refractivity contribution < 1.29 is 0 Å². The number of rotatable bonds is 4. The minimum Gasteiger partial charge on any atom is -0.179 e. The summed E-state index contributed by atoms with van der Waals surface area (Å²) in [4.78, 5) is 0. The minimum atomic E-state index is 0.781. The molecule has 12 heavy (non-hydrogen) atoms. The highest BCUT2D eigenvalue weighted by molar-refractivity contribution is 8.77. The standard InChI is InChI=1S/C8H16S4/c9-4-3-7(6-10)8-2-1-5-11-12-8/h7-10H,1-6H2. The molecule has 0 aliphatic carbocycles. The molecule has 0 saturated carbocycles. The molecular weight excluding hydrogens is 224 g/mol. The van der Waals surface area contributed by atoms with Gasteiger partial charge in [-0.05, 0) is 36.7 Å². The van der Waals surface area contributed by atoms with Crippen molar-refractivity contribution in [3.05, 3.63) is 0 Å². The van der Waals surface area contributed by atoms with E-state index >= 15 is 0 Å². The molecular formula is C8H16S4. The van der Waals surface area contributed by atoms with Crippen molar-refractivity contribution in [3.8, 4) is 0 Å². The predicted molar refractivity (Wildman–Crippen MR) is 68.9 cm³/mol. The van der Waals surface area contributed by atoms with E-state index < -0.39 is 0 Å². The van der Waals surface area contributed by atoms with Crippen molar-refractivity contribution in [2.45, 2.75) is 24.5 Å². The topological polar surface area (TPSA) is 0 Å². The van der Waals surface area contributed by atoms with Crippen LogP contribution in [0.2, 0.25) is 0 Å². The summed E-state index contributed by atoms with van der Waals surface area (Å²) in [5, 5.41) is 0.841. The first-order chi connectivity index (χ1) is 5.88. The van der Waals surface area contributed by atoms with E-state index in [0.29, 0.717) is 0 Å². The number of thiol groups is 2. The number of hydrogen-bond donors (Lipinski definition) is 2. The third kappa shape index (κ3) is 3.64. The van der Waals surface area contributed by atoms with Gasteiger partial charge >= 0.3 is 0 Å². The second-order valence-corrected chi connectivity index (χ2v) is 6.59. The van der Waals surface area contributed by atoms with Crippen molar-refractivity contribution in [2.75, 3.05) is 17.3 Å². The van der Waals surface area contributed by atoms with Gasteiger partial charge in [0, 0.05) is 11.0 Å². The van der Waals surface area contributed by atoms with Crippen LogP contribution in [0.4, 0.5) is 0 Å². The molecule has 2 atom stereocenters. The highest BCUT2D eigenvalue weighted by Crippen LogP contribution is 2.40. The van der Waals surface area contributed by atoms with Crippen LogP contribution in [-0.4, -0.2) is 22.5 Å². The normalized spacial score (nSPS) is 27.0. The molecule has 0 spiro atoms. The summed E-state index contributed by atoms with van der Waals surface area (Å²) in [6.07, 6.45) is 4.00. The molecule has 0 N–H and O–H groups in total. The lowest BCUT2D eigenvalue weighted by Crippen LogP contribution is -2.21. The van der Waals surface area contributed by atoms with Gasteiger partial charge in [0.2, 0.25) is 0 Å². The van der Waals surface area contributed by atoms with Crippen LogP contribution in [0.15, 0.2) is 0 Å². The minimum absolute atomic E-state index is 0.781. The maximum absolute atomic E-state index is 4.40. The summed E-state index contributed by atoms with van der Waals surface area (Å²) in [7, 11) is 4.10. The maximum Gasteiger partial charge on any atom is 0.0188 e. The van der Waals surface area contributed by atoms with Crippen molar-refractivity contribution >= 4 is 46.8 Å². The van der Waals surface area contributed by atoms with Gasteiger partial charge in [-0.2, -0.15) is 25.3 Å². The third-order valence-electron chi connectivity index (χ3n) is 2.17. The fraction of sp³-hybridized carbons (Fsp3) is 1.00. The first-order valence-electron chi connectivity index (χ1n) is 4.38. The van der Waals surface area contributed by atoms with E-state index in [1.54, 1.807) is 0 Å². The van der Waals surface area contributed by atoms with Gasteiger partial charge in [0.1, 0.15) is 0 Å². The Morgan fingerprint density at radius 3 is 2.75 bits per heavy atom. The summed E-state index contributed by atoms with van der Waals surface area (Å²) in [6, 6.07) is 0. The van der Waals surface area contributed by atoms with Crippen molar-refractivity contribution in [2.24, 2.45) is 5.92 Å². The van der Waals surface area contributed by atoms with Gasteiger partial charge in [0.15, 0.2) is 0 Å². The molecule has 0 nitrogen and oxygen atoms in total. The Bertz CT molecular complexity index is 109. The quantitative estimate of drug-likeness (QED) is 0.571. The average molecular weight is 240 g/mol. The lowest BCUT2D eigenvalue weighted by Gasteiger charge is -2.27. The number of hydrogen-bond acceptors (Lipinski definition) is 4. The van der Waals surface area contributed by atoms with Gasteiger partial charge < -0.3 is 0 Å². The molecule has 4 heteroatoms. The van der Waals surface area contributed by atoms with Gasteiger partial charge in [-0.1, -0.05) is 21.6 Å². The first kappa shape index (κ1) is 11.5. The second kappa shape index (κ2) is 6.80. The smallest absolute Gasteiger partial charge is 0.0188 e. The van der Waals surface area contributed by atoms with Crippen LogP contribution in [0, 0.1) is 5.92 Å². The summed E-state index contributed by atoms with van der Waals surface area (Å²) >= 11 is 8.69. The largest absolute Gasteiger partial charge is 0.179 e. The molecule has 0 aromatic heterocycles. The van der Waals surface area contributed by atoms with Crippen LogP contribution in [0.25, 0.3) is 0 Å². The molecule has 0 amide bonds. The molecule has 1 saturated heterocycles. The highest BCUT2D eigenvalue weighted by atomic mass is 33.1. The molecule has 0 radical (unpaired) electrons. The Labute approximate surface area is 94.2 Å². The molecule has 1 rings (SSSR count). The zero-order valence-corrected chi connectivity index (χ0v) is 10.5. The van der Waals surface area contributed by atoms with Crippen LogP contribution in [-0.2, 0) is 0 Å². The first-order valence-corrected chi connectivity index (χ1v) is 8.03. The molecule has 0 aromatic rings. The van der Waals surface area contributed by atoms with E-state index in [-0.39, 0.29) is 0 Å². The molecule has 1 aliphatic heterocycles. The average Bonchev–Trinajstić information content (AvgIpc) is 2.15. The van der Waals surface area contributed by atoms with Gasteiger partial charge in [-0.3, -0.25) is 0 Å². The van der Waals surface area contributed by atoms with E-state index in [4.69, 9.17) is 0 Å². The molecule has 0 aromatic carbocycles. The molecule has 72 valence electrons. The summed E-state index contributed by atoms with van der Waals surface area (Å²) in [5.41, 5.74) is 0. The zero-order chi connectivity index (χ0) is 8.81. The fourth-order valence-corrected chi connectivity index (χ4v) is 5.45. The fourth-order valence-electron chi connectivity index (χ4n) is 1.40. The van der Waals surface area contributed by atoms with Gasteiger partial charge in [-0.15, -0.1) is 0 Å². The summed E-state index contributed by atoms with van der Waals surface area (Å²) in [5.74, 6) is 4.15. The molecule has 2 unspecified atom stereocenters. The Balaban J connectivity index is 2.29. The maximum atomic E-state index is 4.40. The highest BCUT2D eigenvalue weighted by Gasteiger charge is 2.22. The molecule has 0 bridgehead atoms. The SMILES string of the molecule is SCCC(CS)C1CCCSS1. The molecule has 1 heterocycles. The second-order valence-electron chi connectivity index (χ2n) is 3.05. The van der Waals surface area contributed by atoms with Crippen molar-refractivity contribution in [3.63, 3.8) is 0 Å². The molecule has 1 fully saturated rings. The van der Waals surface area contributed by atoms with Gasteiger partial charge in [0.25, 0.3) is 0 Å². The lowest BCUT2D eigenvalue weighted by atomic mass is 10.0. The van der Waals surface area contributed by atoms with E-state index in [0.717, 1.165) is 22.7 Å². The van der Waals surface area contributed by atoms with Crippen LogP contribution >= 0.6 is 46.8 Å². The Morgan fingerprint density at radius 2 is 2.25 bits per heavy atom. The Hall–Kier alpha value is 1.40. The summed E-state index contributed by atoms with van der Waals surface area (Å²) < 4.78 is 0. The van der Waals surface area contributed by atoms with E-state index in [1.807, 2.05) is 10.8 Å². The Kier molecular flexibility index (Phi) is 6.50. The third-order valence-corrected chi connectivity index (χ3v) is 6.00. The van der Waals surface area contributed by atoms with Crippen molar-refractivity contribution in [1.29, 1.82) is 0 Å². The van der Waals surface area contributed by atoms with Crippen LogP contribution in [0.3, 0.4) is 0 Å². The van der Waals surface area contributed by atoms with Gasteiger partial charge in [0.05, 0.1) is 0 Å². The van der Waals surface area contributed by atoms with Crippen molar-refractivity contribution in [1.82, 2.24) is 0 Å². The lowest BCUT2D eigenvalue weighted by molar-refractivity contribution is 0.521. The van der Waals surface area contributed by atoms with Gasteiger partial charge in [-0.25, -0.2) is 0 Å². The molecule has 1 aliphatic rings. The van der Waals surface area contributed by atoms with Crippen LogP contribution < -0.4 is 0 Å². The van der Waals surface area contributed by atoms with Crippen LogP contribution in [0.5, 0.6) is 0 Å². The van der Waals surface area contributed by atoms with Crippen LogP contribution in [0.1, 0.15) is 19.3 Å². The summed E-state index contributed by atoms with van der Waals surface area (Å²) in [6.45, 7) is 0. The zero-order valence-electron chi connectivity index (χ0n) is 7.11. The monoisotopic (exact) mass is 240 g/mol. The Morgan fingerprint density at radius 1 is 1.42 bits per heavy atom. The van der Waals surface area contributed by atoms with E-state index in [1.165, 1.54) is 25.0 Å². The van der Waals surface area contributed by atoms with E-state index in [2.05, 4.69) is 36.1 Å².